The lowest BCUT2D eigenvalue weighted by atomic mass is 10.00. The summed E-state index contributed by atoms with van der Waals surface area (Å²) in [6, 6.07) is 4.02. The maximum absolute atomic E-state index is 13.0. The molecule has 2 nitrogen and oxygen atoms in total. The number of halogens is 3. The van der Waals surface area contributed by atoms with Crippen LogP contribution >= 0.6 is 0 Å². The second kappa shape index (κ2) is 4.62. The molecule has 1 atom stereocenters. The summed E-state index contributed by atoms with van der Waals surface area (Å²) in [4.78, 5) is 0. The van der Waals surface area contributed by atoms with Crippen molar-refractivity contribution >= 4 is 5.69 Å². The van der Waals surface area contributed by atoms with Crippen LogP contribution in [0.3, 0.4) is 0 Å². The van der Waals surface area contributed by atoms with Crippen molar-refractivity contribution < 1.29 is 17.9 Å². The molecule has 5 heteroatoms. The fraction of sp³-hybridized carbons (Fsp3) is 0.571. The SMILES string of the molecule is COc1ccc(NC(C)C2(C)CC2)c(C(F)(F)F)c1. The van der Waals surface area contributed by atoms with E-state index < -0.39 is 11.7 Å². The molecule has 1 aromatic carbocycles. The summed E-state index contributed by atoms with van der Waals surface area (Å²) in [6.07, 6.45) is -2.28. The molecule has 0 spiro atoms. The van der Waals surface area contributed by atoms with Gasteiger partial charge in [-0.05, 0) is 43.4 Å². The summed E-state index contributed by atoms with van der Waals surface area (Å²) in [7, 11) is 1.36. The van der Waals surface area contributed by atoms with Crippen LogP contribution in [-0.2, 0) is 6.18 Å². The second-order valence-corrected chi connectivity index (χ2v) is 5.43. The summed E-state index contributed by atoms with van der Waals surface area (Å²) in [6.45, 7) is 4.01. The number of hydrogen-bond donors (Lipinski definition) is 1. The van der Waals surface area contributed by atoms with Crippen molar-refractivity contribution in [3.05, 3.63) is 23.8 Å². The number of hydrogen-bond acceptors (Lipinski definition) is 2. The van der Waals surface area contributed by atoms with Gasteiger partial charge >= 0.3 is 6.18 Å². The first-order chi connectivity index (χ1) is 8.76. The molecule has 1 aromatic rings. The van der Waals surface area contributed by atoms with Crippen molar-refractivity contribution in [1.29, 1.82) is 0 Å². The zero-order chi connectivity index (χ0) is 14.3. The van der Waals surface area contributed by atoms with E-state index in [1.807, 2.05) is 6.92 Å². The summed E-state index contributed by atoms with van der Waals surface area (Å²) in [5, 5.41) is 3.00. The first-order valence-corrected chi connectivity index (χ1v) is 6.28. The molecule has 1 aliphatic rings. The predicted octanol–water partition coefficient (Wildman–Crippen LogP) is 4.31. The predicted molar refractivity (Wildman–Crippen MR) is 68.4 cm³/mol. The van der Waals surface area contributed by atoms with Gasteiger partial charge in [0, 0.05) is 11.7 Å². The van der Waals surface area contributed by atoms with Gasteiger partial charge in [-0.3, -0.25) is 0 Å². The van der Waals surface area contributed by atoms with Crippen molar-refractivity contribution in [2.75, 3.05) is 12.4 Å². The lowest BCUT2D eigenvalue weighted by molar-refractivity contribution is -0.137. The van der Waals surface area contributed by atoms with Crippen LogP contribution in [0, 0.1) is 5.41 Å². The number of ether oxygens (including phenoxy) is 1. The molecule has 1 saturated carbocycles. The molecule has 0 saturated heterocycles. The molecule has 2 rings (SSSR count). The smallest absolute Gasteiger partial charge is 0.418 e. The molecular formula is C14H18F3NO. The first kappa shape index (κ1) is 14.0. The Morgan fingerprint density at radius 1 is 1.32 bits per heavy atom. The van der Waals surface area contributed by atoms with Crippen molar-refractivity contribution in [3.63, 3.8) is 0 Å². The second-order valence-electron chi connectivity index (χ2n) is 5.43. The van der Waals surface area contributed by atoms with E-state index in [1.54, 1.807) is 6.07 Å². The minimum absolute atomic E-state index is 0.0157. The van der Waals surface area contributed by atoms with Gasteiger partial charge in [0.1, 0.15) is 5.75 Å². The molecule has 106 valence electrons. The Labute approximate surface area is 111 Å². The Balaban J connectivity index is 2.28. The van der Waals surface area contributed by atoms with Crippen LogP contribution in [0.15, 0.2) is 18.2 Å². The van der Waals surface area contributed by atoms with Crippen LogP contribution in [0.5, 0.6) is 5.75 Å². The third-order valence-electron chi connectivity index (χ3n) is 3.99. The van der Waals surface area contributed by atoms with Gasteiger partial charge in [0.05, 0.1) is 12.7 Å². The van der Waals surface area contributed by atoms with Gasteiger partial charge in [-0.25, -0.2) is 0 Å². The normalized spacial score (nSPS) is 18.8. The van der Waals surface area contributed by atoms with Gasteiger partial charge in [0.25, 0.3) is 0 Å². The highest BCUT2D eigenvalue weighted by Crippen LogP contribution is 2.49. The Bertz CT molecular complexity index is 466. The quantitative estimate of drug-likeness (QED) is 0.882. The Hall–Kier alpha value is -1.39. The van der Waals surface area contributed by atoms with E-state index in [-0.39, 0.29) is 22.9 Å². The molecule has 1 unspecified atom stereocenters. The average Bonchev–Trinajstić information content (AvgIpc) is 3.08. The number of alkyl halides is 3. The summed E-state index contributed by atoms with van der Waals surface area (Å²) in [5.41, 5.74) is -0.445. The minimum Gasteiger partial charge on any atom is -0.497 e. The molecule has 1 N–H and O–H groups in total. The summed E-state index contributed by atoms with van der Waals surface area (Å²) in [5.74, 6) is 0.211. The van der Waals surface area contributed by atoms with E-state index in [0.717, 1.165) is 18.9 Å². The average molecular weight is 273 g/mol. The fourth-order valence-corrected chi connectivity index (χ4v) is 2.05. The van der Waals surface area contributed by atoms with E-state index in [4.69, 9.17) is 4.74 Å². The molecule has 19 heavy (non-hydrogen) atoms. The van der Waals surface area contributed by atoms with Crippen molar-refractivity contribution in [2.24, 2.45) is 5.41 Å². The van der Waals surface area contributed by atoms with E-state index in [1.165, 1.54) is 13.2 Å². The molecule has 1 aliphatic carbocycles. The minimum atomic E-state index is -4.39. The van der Waals surface area contributed by atoms with Gasteiger partial charge in [0.15, 0.2) is 0 Å². The van der Waals surface area contributed by atoms with E-state index in [2.05, 4.69) is 12.2 Å². The van der Waals surface area contributed by atoms with Gasteiger partial charge < -0.3 is 10.1 Å². The van der Waals surface area contributed by atoms with E-state index in [9.17, 15) is 13.2 Å². The van der Waals surface area contributed by atoms with Crippen LogP contribution in [-0.4, -0.2) is 13.2 Å². The number of anilines is 1. The van der Waals surface area contributed by atoms with Crippen LogP contribution < -0.4 is 10.1 Å². The molecular weight excluding hydrogens is 255 g/mol. The molecule has 0 radical (unpaired) electrons. The monoisotopic (exact) mass is 273 g/mol. The third-order valence-corrected chi connectivity index (χ3v) is 3.99. The molecule has 1 fully saturated rings. The highest BCUT2D eigenvalue weighted by Gasteiger charge is 2.43. The van der Waals surface area contributed by atoms with Gasteiger partial charge in [-0.15, -0.1) is 0 Å². The van der Waals surface area contributed by atoms with Crippen LogP contribution in [0.1, 0.15) is 32.3 Å². The van der Waals surface area contributed by atoms with Gasteiger partial charge in [-0.1, -0.05) is 6.92 Å². The van der Waals surface area contributed by atoms with E-state index >= 15 is 0 Å². The van der Waals surface area contributed by atoms with Crippen LogP contribution in [0.4, 0.5) is 18.9 Å². The topological polar surface area (TPSA) is 21.3 Å². The lowest BCUT2D eigenvalue weighted by Gasteiger charge is -2.24. The first-order valence-electron chi connectivity index (χ1n) is 6.28. The van der Waals surface area contributed by atoms with Crippen LogP contribution in [0.25, 0.3) is 0 Å². The number of benzene rings is 1. The zero-order valence-corrected chi connectivity index (χ0v) is 11.3. The Kier molecular flexibility index (Phi) is 3.41. The van der Waals surface area contributed by atoms with Crippen molar-refractivity contribution in [3.8, 4) is 5.75 Å². The zero-order valence-electron chi connectivity index (χ0n) is 11.3. The lowest BCUT2D eigenvalue weighted by Crippen LogP contribution is -2.26. The molecule has 0 heterocycles. The van der Waals surface area contributed by atoms with Gasteiger partial charge in [0.2, 0.25) is 0 Å². The van der Waals surface area contributed by atoms with Crippen LogP contribution in [0.2, 0.25) is 0 Å². The molecule has 0 amide bonds. The number of nitrogens with one attached hydrogen (secondary N) is 1. The highest BCUT2D eigenvalue weighted by atomic mass is 19.4. The van der Waals surface area contributed by atoms with E-state index in [0.29, 0.717) is 0 Å². The summed E-state index contributed by atoms with van der Waals surface area (Å²) < 4.78 is 44.0. The fourth-order valence-electron chi connectivity index (χ4n) is 2.05. The maximum atomic E-state index is 13.0. The summed E-state index contributed by atoms with van der Waals surface area (Å²) >= 11 is 0. The number of rotatable bonds is 4. The third kappa shape index (κ3) is 2.96. The van der Waals surface area contributed by atoms with Crippen molar-refractivity contribution in [1.82, 2.24) is 0 Å². The molecule has 0 bridgehead atoms. The van der Waals surface area contributed by atoms with Crippen molar-refractivity contribution in [2.45, 2.75) is 38.9 Å². The molecule has 0 aromatic heterocycles. The van der Waals surface area contributed by atoms with Gasteiger partial charge in [-0.2, -0.15) is 13.2 Å². The number of methoxy groups -OCH3 is 1. The molecule has 0 aliphatic heterocycles. The Morgan fingerprint density at radius 3 is 2.42 bits per heavy atom. The largest absolute Gasteiger partial charge is 0.497 e. The highest BCUT2D eigenvalue weighted by molar-refractivity contribution is 5.56. The Morgan fingerprint density at radius 2 is 1.95 bits per heavy atom. The standard InChI is InChI=1S/C14H18F3NO/c1-9(13(2)6-7-13)18-12-5-4-10(19-3)8-11(12)14(15,16)17/h4-5,8-9,18H,6-7H2,1-3H3. The maximum Gasteiger partial charge on any atom is 0.418 e.